The fourth-order valence-corrected chi connectivity index (χ4v) is 4.02. The van der Waals surface area contributed by atoms with E-state index < -0.39 is 19.9 Å². The Hall–Kier alpha value is -0.760. The van der Waals surface area contributed by atoms with Crippen molar-refractivity contribution in [2.75, 3.05) is 33.0 Å². The fraction of sp³-hybridized carbons (Fsp3) is 0.880. The molecule has 0 fully saturated rings. The molecule has 0 radical (unpaired) electrons. The van der Waals surface area contributed by atoms with Crippen molar-refractivity contribution in [3.05, 3.63) is 12.2 Å². The molecular formula is C25H50NO7P. The Kier molecular flexibility index (Phi) is 23.4. The number of unbranched alkanes of at least 4 members (excludes halogenated alkanes) is 11. The minimum Gasteiger partial charge on any atom is -0.457 e. The van der Waals surface area contributed by atoms with Gasteiger partial charge in [-0.15, -0.1) is 0 Å². The maximum Gasteiger partial charge on any atom is 0.472 e. The van der Waals surface area contributed by atoms with Crippen LogP contribution in [0.25, 0.3) is 0 Å². The summed E-state index contributed by atoms with van der Waals surface area (Å²) in [5.74, 6) is -0.422. The van der Waals surface area contributed by atoms with Crippen molar-refractivity contribution in [2.24, 2.45) is 5.73 Å². The molecular weight excluding hydrogens is 457 g/mol. The van der Waals surface area contributed by atoms with Crippen LogP contribution < -0.4 is 5.73 Å². The van der Waals surface area contributed by atoms with Crippen LogP contribution in [-0.4, -0.2) is 49.9 Å². The van der Waals surface area contributed by atoms with Gasteiger partial charge in [-0.2, -0.15) is 0 Å². The minimum atomic E-state index is -4.22. The van der Waals surface area contributed by atoms with Crippen LogP contribution in [0.1, 0.15) is 104 Å². The minimum absolute atomic E-state index is 0.0976. The third-order valence-corrected chi connectivity index (χ3v) is 6.22. The number of allylic oxidation sites excluding steroid dienone is 2. The van der Waals surface area contributed by atoms with Crippen LogP contribution in [-0.2, 0) is 27.9 Å². The lowest BCUT2D eigenvalue weighted by Gasteiger charge is -2.19. The zero-order valence-corrected chi connectivity index (χ0v) is 22.5. The first kappa shape index (κ1) is 33.2. The Bertz CT molecular complexity index is 545. The number of esters is 1. The highest BCUT2D eigenvalue weighted by atomic mass is 31.2. The fourth-order valence-electron chi connectivity index (χ4n) is 3.26. The monoisotopic (exact) mass is 507 g/mol. The first-order valence-electron chi connectivity index (χ1n) is 13.2. The van der Waals surface area contributed by atoms with Crippen molar-refractivity contribution < 1.29 is 32.8 Å². The van der Waals surface area contributed by atoms with Crippen LogP contribution in [0.3, 0.4) is 0 Å². The lowest BCUT2D eigenvalue weighted by molar-refractivity contribution is -0.154. The van der Waals surface area contributed by atoms with E-state index in [9.17, 15) is 14.3 Å². The summed E-state index contributed by atoms with van der Waals surface area (Å²) in [6.45, 7) is 4.29. The van der Waals surface area contributed by atoms with Crippen molar-refractivity contribution in [3.8, 4) is 0 Å². The molecule has 0 aromatic carbocycles. The highest BCUT2D eigenvalue weighted by Crippen LogP contribution is 2.43. The zero-order chi connectivity index (χ0) is 25.3. The standard InChI is InChI=1S/C25H50NO7P/c1-3-5-6-7-8-9-10-11-12-13-14-15-16-17-18-20-30-22-24(33-25(27)4-2)23-32-34(28,29)31-21-19-26/h10-11,24H,3-9,12-23,26H2,1-2H3,(H,28,29)/b11-10-. The normalized spacial score (nSPS) is 14.4. The van der Waals surface area contributed by atoms with Crippen molar-refractivity contribution >= 4 is 13.8 Å². The average molecular weight is 508 g/mol. The molecule has 0 rings (SSSR count). The van der Waals surface area contributed by atoms with Gasteiger partial charge in [0.05, 0.1) is 19.8 Å². The zero-order valence-electron chi connectivity index (χ0n) is 21.6. The van der Waals surface area contributed by atoms with Crippen molar-refractivity contribution in [1.82, 2.24) is 0 Å². The summed E-state index contributed by atoms with van der Waals surface area (Å²) < 4.78 is 32.1. The lowest BCUT2D eigenvalue weighted by atomic mass is 10.1. The van der Waals surface area contributed by atoms with Gasteiger partial charge in [-0.05, 0) is 32.1 Å². The second-order valence-electron chi connectivity index (χ2n) is 8.51. The van der Waals surface area contributed by atoms with Crippen LogP contribution in [0.5, 0.6) is 0 Å². The van der Waals surface area contributed by atoms with Gasteiger partial charge in [0.15, 0.2) is 0 Å². The quantitative estimate of drug-likeness (QED) is 0.0662. The molecule has 8 nitrogen and oxygen atoms in total. The maximum absolute atomic E-state index is 11.7. The molecule has 9 heteroatoms. The predicted octanol–water partition coefficient (Wildman–Crippen LogP) is 6.06. The molecule has 202 valence electrons. The number of carbonyl (C=O) groups excluding carboxylic acids is 1. The SMILES string of the molecule is CCCCCCC/C=C\CCCCCCCCOCC(COP(=O)(O)OCCN)OC(=O)CC. The number of phosphoric acid groups is 1. The molecule has 2 atom stereocenters. The first-order valence-corrected chi connectivity index (χ1v) is 14.7. The van der Waals surface area contributed by atoms with E-state index in [1.165, 1.54) is 70.6 Å². The Morgan fingerprint density at radius 1 is 0.853 bits per heavy atom. The number of phosphoric ester groups is 1. The lowest BCUT2D eigenvalue weighted by Crippen LogP contribution is -2.28. The van der Waals surface area contributed by atoms with Crippen LogP contribution in [0.2, 0.25) is 0 Å². The number of hydrogen-bond donors (Lipinski definition) is 2. The van der Waals surface area contributed by atoms with E-state index in [0.717, 1.165) is 12.8 Å². The summed E-state index contributed by atoms with van der Waals surface area (Å²) in [6, 6.07) is 0. The molecule has 0 aromatic rings. The molecule has 0 saturated carbocycles. The van der Waals surface area contributed by atoms with Crippen molar-refractivity contribution in [3.63, 3.8) is 0 Å². The second kappa shape index (κ2) is 24.0. The Labute approximate surface area is 207 Å². The van der Waals surface area contributed by atoms with E-state index in [1.807, 2.05) is 0 Å². The van der Waals surface area contributed by atoms with Gasteiger partial charge >= 0.3 is 13.8 Å². The molecule has 0 aromatic heterocycles. The molecule has 0 saturated heterocycles. The van der Waals surface area contributed by atoms with E-state index in [1.54, 1.807) is 6.92 Å². The molecule has 2 unspecified atom stereocenters. The van der Waals surface area contributed by atoms with Crippen molar-refractivity contribution in [1.29, 1.82) is 0 Å². The molecule has 0 aliphatic heterocycles. The third-order valence-electron chi connectivity index (χ3n) is 5.24. The number of ether oxygens (including phenoxy) is 2. The molecule has 0 amide bonds. The smallest absolute Gasteiger partial charge is 0.457 e. The second-order valence-corrected chi connectivity index (χ2v) is 9.96. The summed E-state index contributed by atoms with van der Waals surface area (Å²) in [7, 11) is -4.22. The average Bonchev–Trinajstić information content (AvgIpc) is 2.82. The predicted molar refractivity (Wildman–Crippen MR) is 137 cm³/mol. The molecule has 0 bridgehead atoms. The van der Waals surface area contributed by atoms with Gasteiger partial charge in [0.25, 0.3) is 0 Å². The van der Waals surface area contributed by atoms with Crippen molar-refractivity contribution in [2.45, 2.75) is 110 Å². The molecule has 0 aliphatic carbocycles. The van der Waals surface area contributed by atoms with E-state index >= 15 is 0 Å². The summed E-state index contributed by atoms with van der Waals surface area (Å²) in [6.07, 6.45) is 20.1. The van der Waals surface area contributed by atoms with Gasteiger partial charge in [0, 0.05) is 19.6 Å². The molecule has 0 aliphatic rings. The summed E-state index contributed by atoms with van der Waals surface area (Å²) in [5.41, 5.74) is 5.25. The largest absolute Gasteiger partial charge is 0.472 e. The van der Waals surface area contributed by atoms with E-state index in [0.29, 0.717) is 6.61 Å². The van der Waals surface area contributed by atoms with Gasteiger partial charge in [-0.1, -0.05) is 77.4 Å². The van der Waals surface area contributed by atoms with Gasteiger partial charge in [0.2, 0.25) is 0 Å². The first-order chi connectivity index (χ1) is 16.4. The summed E-state index contributed by atoms with van der Waals surface area (Å²) >= 11 is 0. The summed E-state index contributed by atoms with van der Waals surface area (Å²) in [4.78, 5) is 21.2. The highest BCUT2D eigenvalue weighted by Gasteiger charge is 2.24. The number of nitrogens with two attached hydrogens (primary N) is 1. The number of rotatable bonds is 25. The highest BCUT2D eigenvalue weighted by molar-refractivity contribution is 7.47. The van der Waals surface area contributed by atoms with Gasteiger partial charge in [0.1, 0.15) is 6.10 Å². The molecule has 0 heterocycles. The topological polar surface area (TPSA) is 117 Å². The molecule has 3 N–H and O–H groups in total. The van der Waals surface area contributed by atoms with Gasteiger partial charge < -0.3 is 20.1 Å². The van der Waals surface area contributed by atoms with Crippen LogP contribution in [0.4, 0.5) is 0 Å². The van der Waals surface area contributed by atoms with Crippen LogP contribution in [0.15, 0.2) is 12.2 Å². The van der Waals surface area contributed by atoms with Crippen LogP contribution >= 0.6 is 7.82 Å². The molecule has 34 heavy (non-hydrogen) atoms. The number of hydrogen-bond acceptors (Lipinski definition) is 7. The van der Waals surface area contributed by atoms with Gasteiger partial charge in [-0.25, -0.2) is 4.57 Å². The Morgan fingerprint density at radius 2 is 1.44 bits per heavy atom. The summed E-state index contributed by atoms with van der Waals surface area (Å²) in [5, 5.41) is 0. The van der Waals surface area contributed by atoms with Gasteiger partial charge in [-0.3, -0.25) is 13.8 Å². The maximum atomic E-state index is 11.7. The third kappa shape index (κ3) is 23.0. The Morgan fingerprint density at radius 3 is 2.03 bits per heavy atom. The van der Waals surface area contributed by atoms with E-state index in [4.69, 9.17) is 19.7 Å². The van der Waals surface area contributed by atoms with Crippen LogP contribution in [0, 0.1) is 0 Å². The molecule has 0 spiro atoms. The Balaban J connectivity index is 3.76. The number of carbonyl (C=O) groups is 1. The van der Waals surface area contributed by atoms with E-state index in [-0.39, 0.29) is 32.8 Å². The van der Waals surface area contributed by atoms with E-state index in [2.05, 4.69) is 23.6 Å².